The maximum absolute atomic E-state index is 12.5. The van der Waals surface area contributed by atoms with E-state index in [0.717, 1.165) is 10.4 Å². The van der Waals surface area contributed by atoms with Gasteiger partial charge in [0.05, 0.1) is 17.2 Å². The van der Waals surface area contributed by atoms with Crippen LogP contribution in [0, 0.1) is 0 Å². The quantitative estimate of drug-likeness (QED) is 0.365. The van der Waals surface area contributed by atoms with E-state index in [0.29, 0.717) is 28.5 Å². The molecule has 3 rings (SSSR count). The highest BCUT2D eigenvalue weighted by Crippen LogP contribution is 2.34. The van der Waals surface area contributed by atoms with E-state index in [-0.39, 0.29) is 16.7 Å². The maximum Gasteiger partial charge on any atom is 0.260 e. The van der Waals surface area contributed by atoms with Crippen molar-refractivity contribution in [3.8, 4) is 10.4 Å². The third kappa shape index (κ3) is 4.12. The van der Waals surface area contributed by atoms with Gasteiger partial charge in [0.1, 0.15) is 4.83 Å². The Morgan fingerprint density at radius 1 is 1.48 bits per heavy atom. The minimum absolute atomic E-state index is 0.116. The fourth-order valence-electron chi connectivity index (χ4n) is 2.24. The van der Waals surface area contributed by atoms with Gasteiger partial charge in [0.2, 0.25) is 5.91 Å². The molecule has 6 nitrogen and oxygen atoms in total. The summed E-state index contributed by atoms with van der Waals surface area (Å²) in [6.45, 7) is 2.70. The molecule has 1 atom stereocenters. The summed E-state index contributed by atoms with van der Waals surface area (Å²) in [6, 6.07) is 3.94. The third-order valence-electron chi connectivity index (χ3n) is 3.47. The van der Waals surface area contributed by atoms with Gasteiger partial charge < -0.3 is 15.0 Å². The normalized spacial score (nSPS) is 12.4. The van der Waals surface area contributed by atoms with Crippen LogP contribution in [0.1, 0.15) is 6.92 Å². The second-order valence-electron chi connectivity index (χ2n) is 5.22. The first-order valence-electron chi connectivity index (χ1n) is 7.59. The smallest absolute Gasteiger partial charge is 0.260 e. The molecule has 0 bridgehead atoms. The number of fused-ring (bicyclic) bond motifs is 1. The summed E-state index contributed by atoms with van der Waals surface area (Å²) in [7, 11) is 1.58. The lowest BCUT2D eigenvalue weighted by atomic mass is 10.2. The number of methoxy groups -OCH3 is 1. The first kappa shape index (κ1) is 18.1. The molecular weight excluding hydrogens is 378 g/mol. The van der Waals surface area contributed by atoms with Crippen molar-refractivity contribution in [1.82, 2.24) is 15.3 Å². The molecule has 0 radical (unpaired) electrons. The van der Waals surface area contributed by atoms with E-state index in [4.69, 9.17) is 4.74 Å². The minimum atomic E-state index is -0.366. The zero-order valence-electron chi connectivity index (χ0n) is 13.7. The summed E-state index contributed by atoms with van der Waals surface area (Å²) in [6.07, 6.45) is 0. The van der Waals surface area contributed by atoms with Crippen LogP contribution in [-0.4, -0.2) is 41.4 Å². The highest BCUT2D eigenvalue weighted by Gasteiger charge is 2.18. The van der Waals surface area contributed by atoms with Crippen molar-refractivity contribution in [2.24, 2.45) is 0 Å². The summed E-state index contributed by atoms with van der Waals surface area (Å²) < 4.78 is 4.91. The maximum atomic E-state index is 12.5. The topological polar surface area (TPSA) is 84.1 Å². The molecule has 1 amide bonds. The van der Waals surface area contributed by atoms with E-state index in [1.807, 2.05) is 22.9 Å². The Labute approximate surface area is 156 Å². The van der Waals surface area contributed by atoms with E-state index < -0.39 is 0 Å². The van der Waals surface area contributed by atoms with Crippen molar-refractivity contribution < 1.29 is 9.53 Å². The van der Waals surface area contributed by atoms with Gasteiger partial charge in [-0.05, 0) is 18.4 Å². The fourth-order valence-corrected chi connectivity index (χ4v) is 4.88. The van der Waals surface area contributed by atoms with Crippen molar-refractivity contribution in [2.45, 2.75) is 17.3 Å². The van der Waals surface area contributed by atoms with Crippen LogP contribution in [0.2, 0.25) is 0 Å². The zero-order chi connectivity index (χ0) is 17.8. The number of H-pyrrole nitrogens is 1. The number of aromatic nitrogens is 2. The van der Waals surface area contributed by atoms with Gasteiger partial charge >= 0.3 is 0 Å². The molecule has 9 heteroatoms. The van der Waals surface area contributed by atoms with Crippen LogP contribution in [0.3, 0.4) is 0 Å². The second kappa shape index (κ2) is 8.13. The number of ether oxygens (including phenoxy) is 1. The van der Waals surface area contributed by atoms with Gasteiger partial charge in [-0.2, -0.15) is 0 Å². The molecule has 132 valence electrons. The summed E-state index contributed by atoms with van der Waals surface area (Å²) >= 11 is 4.26. The Morgan fingerprint density at radius 3 is 3.04 bits per heavy atom. The molecule has 0 unspecified atom stereocenters. The molecule has 0 aliphatic heterocycles. The van der Waals surface area contributed by atoms with Gasteiger partial charge in [0.25, 0.3) is 5.56 Å². The first-order chi connectivity index (χ1) is 12.1. The van der Waals surface area contributed by atoms with Crippen molar-refractivity contribution in [3.05, 3.63) is 33.2 Å². The van der Waals surface area contributed by atoms with Crippen LogP contribution in [0.4, 0.5) is 0 Å². The minimum Gasteiger partial charge on any atom is -0.383 e. The van der Waals surface area contributed by atoms with Gasteiger partial charge in [-0.15, -0.1) is 22.7 Å². The summed E-state index contributed by atoms with van der Waals surface area (Å²) in [4.78, 5) is 33.6. The van der Waals surface area contributed by atoms with E-state index in [1.54, 1.807) is 25.4 Å². The largest absolute Gasteiger partial charge is 0.383 e. The van der Waals surface area contributed by atoms with Gasteiger partial charge in [0, 0.05) is 29.5 Å². The Morgan fingerprint density at radius 2 is 2.32 bits per heavy atom. The van der Waals surface area contributed by atoms with Crippen molar-refractivity contribution in [1.29, 1.82) is 0 Å². The van der Waals surface area contributed by atoms with Crippen LogP contribution in [0.5, 0.6) is 0 Å². The predicted octanol–water partition coefficient (Wildman–Crippen LogP) is 2.96. The fraction of sp³-hybridized carbons (Fsp3) is 0.312. The molecule has 0 aliphatic carbocycles. The number of thiophene rings is 2. The highest BCUT2D eigenvalue weighted by molar-refractivity contribution is 8.00. The Kier molecular flexibility index (Phi) is 5.89. The van der Waals surface area contributed by atoms with Crippen LogP contribution in [0.25, 0.3) is 20.7 Å². The van der Waals surface area contributed by atoms with Crippen molar-refractivity contribution >= 4 is 50.6 Å². The SMILES string of the molecule is COCCNC(=O)[C@H](C)Sc1nc2scc(-c3cccs3)c2c(=O)[nH]1. The summed E-state index contributed by atoms with van der Waals surface area (Å²) in [5.74, 6) is -0.116. The average Bonchev–Trinajstić information content (AvgIpc) is 3.23. The number of nitrogens with zero attached hydrogens (tertiary/aromatic N) is 1. The molecule has 3 aromatic rings. The number of aromatic amines is 1. The molecule has 3 heterocycles. The third-order valence-corrected chi connectivity index (χ3v) is 6.23. The van der Waals surface area contributed by atoms with Gasteiger partial charge in [-0.25, -0.2) is 4.98 Å². The molecule has 0 aliphatic rings. The Bertz CT molecular complexity index is 918. The van der Waals surface area contributed by atoms with E-state index >= 15 is 0 Å². The number of amides is 1. The number of rotatable bonds is 7. The molecule has 25 heavy (non-hydrogen) atoms. The summed E-state index contributed by atoms with van der Waals surface area (Å²) in [5, 5.41) is 7.40. The Hall–Kier alpha value is -1.68. The lowest BCUT2D eigenvalue weighted by Crippen LogP contribution is -2.33. The zero-order valence-corrected chi connectivity index (χ0v) is 16.1. The van der Waals surface area contributed by atoms with Crippen LogP contribution in [0.15, 0.2) is 32.8 Å². The monoisotopic (exact) mass is 395 g/mol. The molecule has 0 fully saturated rings. The summed E-state index contributed by atoms with van der Waals surface area (Å²) in [5.41, 5.74) is 0.731. The number of carbonyl (C=O) groups excluding carboxylic acids is 1. The number of nitrogens with one attached hydrogen (secondary N) is 2. The molecule has 2 N–H and O–H groups in total. The van der Waals surface area contributed by atoms with Gasteiger partial charge in [0.15, 0.2) is 5.16 Å². The second-order valence-corrected chi connectivity index (χ2v) is 8.36. The number of hydrogen-bond acceptors (Lipinski definition) is 7. The molecule has 0 aromatic carbocycles. The van der Waals surface area contributed by atoms with Gasteiger partial charge in [-0.1, -0.05) is 17.8 Å². The van der Waals surface area contributed by atoms with E-state index in [2.05, 4.69) is 15.3 Å². The van der Waals surface area contributed by atoms with E-state index in [9.17, 15) is 9.59 Å². The van der Waals surface area contributed by atoms with E-state index in [1.165, 1.54) is 23.1 Å². The lowest BCUT2D eigenvalue weighted by molar-refractivity contribution is -0.120. The lowest BCUT2D eigenvalue weighted by Gasteiger charge is -2.11. The standard InChI is InChI=1S/C16H17N3O3S3/c1-9(13(20)17-5-6-22-2)25-16-18-14(21)12-10(8-24-15(12)19-16)11-4-3-7-23-11/h3-4,7-9H,5-6H2,1-2H3,(H,17,20)(H,18,19,21)/t9-/m0/s1. The molecule has 0 spiro atoms. The van der Waals surface area contributed by atoms with Crippen LogP contribution in [-0.2, 0) is 9.53 Å². The number of carbonyl (C=O) groups is 1. The molecule has 3 aromatic heterocycles. The van der Waals surface area contributed by atoms with Crippen LogP contribution < -0.4 is 10.9 Å². The molecular formula is C16H17N3O3S3. The van der Waals surface area contributed by atoms with Crippen LogP contribution >= 0.6 is 34.4 Å². The number of hydrogen-bond donors (Lipinski definition) is 2. The molecule has 0 saturated carbocycles. The Balaban J connectivity index is 1.80. The average molecular weight is 396 g/mol. The highest BCUT2D eigenvalue weighted by atomic mass is 32.2. The van der Waals surface area contributed by atoms with Gasteiger partial charge in [-0.3, -0.25) is 9.59 Å². The number of thioether (sulfide) groups is 1. The van der Waals surface area contributed by atoms with Crippen molar-refractivity contribution in [2.75, 3.05) is 20.3 Å². The molecule has 0 saturated heterocycles. The first-order valence-corrected chi connectivity index (χ1v) is 10.2. The predicted molar refractivity (Wildman–Crippen MR) is 104 cm³/mol. The van der Waals surface area contributed by atoms with Crippen molar-refractivity contribution in [3.63, 3.8) is 0 Å².